The summed E-state index contributed by atoms with van der Waals surface area (Å²) < 4.78 is 58.7. The Balaban J connectivity index is 3.26. The lowest BCUT2D eigenvalue weighted by Crippen LogP contribution is -2.41. The van der Waals surface area contributed by atoms with Crippen LogP contribution >= 0.6 is 0 Å². The summed E-state index contributed by atoms with van der Waals surface area (Å²) in [7, 11) is 1.03. The van der Waals surface area contributed by atoms with Crippen LogP contribution in [-0.4, -0.2) is 36.6 Å². The monoisotopic (exact) mass is 337 g/mol. The number of likely N-dealkylation sites (N-methyl/N-ethyl adjacent to an activating group) is 1. The van der Waals surface area contributed by atoms with Gasteiger partial charge < -0.3 is 15.4 Å². The molecule has 0 aliphatic rings. The van der Waals surface area contributed by atoms with Gasteiger partial charge in [-0.3, -0.25) is 4.79 Å². The number of hydrogen-bond acceptors (Lipinski definition) is 5. The maximum Gasteiger partial charge on any atom is 0.328 e. The minimum atomic E-state index is -1.86. The van der Waals surface area contributed by atoms with E-state index in [0.29, 0.717) is 4.90 Å². The van der Waals surface area contributed by atoms with E-state index in [1.54, 1.807) is 0 Å². The van der Waals surface area contributed by atoms with Crippen LogP contribution in [0.3, 0.4) is 0 Å². The van der Waals surface area contributed by atoms with Crippen LogP contribution < -0.4 is 10.6 Å². The third-order valence-electron chi connectivity index (χ3n) is 3.02. The van der Waals surface area contributed by atoms with Gasteiger partial charge in [0.05, 0.1) is 6.61 Å². The van der Waals surface area contributed by atoms with Crippen LogP contribution in [0.5, 0.6) is 0 Å². The molecule has 23 heavy (non-hydrogen) atoms. The second-order valence-electron chi connectivity index (χ2n) is 4.55. The molecule has 6 nitrogen and oxygen atoms in total. The minimum Gasteiger partial charge on any atom is -0.464 e. The topological polar surface area (TPSA) is 85.5 Å². The Bertz CT molecular complexity index is 586. The Morgan fingerprint density at radius 1 is 1.22 bits per heavy atom. The van der Waals surface area contributed by atoms with Crippen molar-refractivity contribution in [2.75, 3.05) is 18.6 Å². The summed E-state index contributed by atoms with van der Waals surface area (Å²) in [4.78, 5) is 25.8. The Hall–Kier alpha value is -2.39. The molecule has 0 fully saturated rings. The fourth-order valence-electron chi connectivity index (χ4n) is 1.93. The SMILES string of the molecule is CCOC(=O)C(CCC(N)=O)N(C)c1c(F)c(F)nc(F)c1F. The van der Waals surface area contributed by atoms with E-state index in [1.165, 1.54) is 6.92 Å². The summed E-state index contributed by atoms with van der Waals surface area (Å²) in [5.41, 5.74) is 3.85. The van der Waals surface area contributed by atoms with Gasteiger partial charge in [-0.2, -0.15) is 22.5 Å². The molecular weight excluding hydrogens is 322 g/mol. The van der Waals surface area contributed by atoms with E-state index in [0.717, 1.165) is 7.05 Å². The molecule has 1 aromatic rings. The molecule has 0 aliphatic heterocycles. The van der Waals surface area contributed by atoms with Crippen molar-refractivity contribution in [1.29, 1.82) is 0 Å². The largest absolute Gasteiger partial charge is 0.464 e. The smallest absolute Gasteiger partial charge is 0.328 e. The molecule has 0 aliphatic carbocycles. The summed E-state index contributed by atoms with van der Waals surface area (Å²) in [6.45, 7) is 1.46. The van der Waals surface area contributed by atoms with Crippen LogP contribution in [0.15, 0.2) is 0 Å². The van der Waals surface area contributed by atoms with Crippen molar-refractivity contribution < 1.29 is 31.9 Å². The summed E-state index contributed by atoms with van der Waals surface area (Å²) >= 11 is 0. The number of anilines is 1. The second kappa shape index (κ2) is 7.75. The van der Waals surface area contributed by atoms with Gasteiger partial charge in [-0.15, -0.1) is 0 Å². The molecule has 1 rings (SSSR count). The number of halogens is 4. The molecule has 2 N–H and O–H groups in total. The molecule has 0 spiro atoms. The Labute approximate surface area is 129 Å². The molecule has 1 atom stereocenters. The molecule has 128 valence electrons. The molecule has 0 bridgehead atoms. The summed E-state index contributed by atoms with van der Waals surface area (Å²) in [5, 5.41) is 0. The van der Waals surface area contributed by atoms with E-state index >= 15 is 0 Å². The van der Waals surface area contributed by atoms with Gasteiger partial charge in [0.15, 0.2) is 0 Å². The van der Waals surface area contributed by atoms with Crippen LogP contribution in [0.4, 0.5) is 23.2 Å². The highest BCUT2D eigenvalue weighted by Crippen LogP contribution is 2.28. The van der Waals surface area contributed by atoms with Gasteiger partial charge in [0, 0.05) is 13.5 Å². The van der Waals surface area contributed by atoms with Gasteiger partial charge in [0.25, 0.3) is 11.9 Å². The van der Waals surface area contributed by atoms with Crippen LogP contribution in [0, 0.1) is 23.5 Å². The number of nitrogens with two attached hydrogens (primary N) is 1. The van der Waals surface area contributed by atoms with Crippen molar-refractivity contribution in [3.8, 4) is 0 Å². The third-order valence-corrected chi connectivity index (χ3v) is 3.02. The van der Waals surface area contributed by atoms with Gasteiger partial charge >= 0.3 is 5.97 Å². The van der Waals surface area contributed by atoms with Crippen LogP contribution in [-0.2, 0) is 14.3 Å². The predicted molar refractivity (Wildman–Crippen MR) is 71.3 cm³/mol. The molecule has 1 heterocycles. The number of nitrogens with zero attached hydrogens (tertiary/aromatic N) is 2. The van der Waals surface area contributed by atoms with Crippen molar-refractivity contribution in [3.05, 3.63) is 23.5 Å². The highest BCUT2D eigenvalue weighted by Gasteiger charge is 2.32. The zero-order chi connectivity index (χ0) is 17.7. The lowest BCUT2D eigenvalue weighted by molar-refractivity contribution is -0.144. The van der Waals surface area contributed by atoms with E-state index in [9.17, 15) is 27.2 Å². The first-order valence-corrected chi connectivity index (χ1v) is 6.58. The quantitative estimate of drug-likeness (QED) is 0.460. The highest BCUT2D eigenvalue weighted by atomic mass is 19.2. The summed E-state index contributed by atoms with van der Waals surface area (Å²) in [6.07, 6.45) is -0.553. The number of aromatic nitrogens is 1. The molecule has 0 saturated carbocycles. The van der Waals surface area contributed by atoms with E-state index in [2.05, 4.69) is 4.98 Å². The Kier molecular flexibility index (Phi) is 6.28. The van der Waals surface area contributed by atoms with E-state index < -0.39 is 47.1 Å². The van der Waals surface area contributed by atoms with Crippen molar-refractivity contribution in [2.24, 2.45) is 5.73 Å². The molecular formula is C13H15F4N3O3. The molecule has 1 amide bonds. The number of carbonyl (C=O) groups is 2. The molecule has 10 heteroatoms. The molecule has 1 aromatic heterocycles. The van der Waals surface area contributed by atoms with Crippen LogP contribution in [0.2, 0.25) is 0 Å². The Morgan fingerprint density at radius 3 is 2.17 bits per heavy atom. The standard InChI is InChI=1S/C13H15F4N3O3/c1-3-23-13(22)6(4-5-7(18)21)20(2)10-8(14)11(16)19-12(17)9(10)15/h6H,3-5H2,1-2H3,(H2,18,21). The fraction of sp³-hybridized carbons (Fsp3) is 0.462. The number of ether oxygens (including phenoxy) is 1. The normalized spacial score (nSPS) is 11.9. The molecule has 0 aromatic carbocycles. The van der Waals surface area contributed by atoms with Crippen molar-refractivity contribution in [3.63, 3.8) is 0 Å². The summed E-state index contributed by atoms with van der Waals surface area (Å²) in [5.74, 6) is -8.93. The number of carbonyl (C=O) groups excluding carboxylic acids is 2. The number of pyridine rings is 1. The average Bonchev–Trinajstić information content (AvgIpc) is 2.45. The van der Waals surface area contributed by atoms with Gasteiger partial charge in [-0.25, -0.2) is 4.79 Å². The second-order valence-corrected chi connectivity index (χ2v) is 4.55. The maximum atomic E-state index is 13.8. The van der Waals surface area contributed by atoms with Gasteiger partial charge in [-0.1, -0.05) is 0 Å². The lowest BCUT2D eigenvalue weighted by atomic mass is 10.1. The molecule has 0 radical (unpaired) electrons. The highest BCUT2D eigenvalue weighted by molar-refractivity contribution is 5.81. The van der Waals surface area contributed by atoms with Gasteiger partial charge in [0.1, 0.15) is 11.7 Å². The van der Waals surface area contributed by atoms with Gasteiger partial charge in [0.2, 0.25) is 17.5 Å². The lowest BCUT2D eigenvalue weighted by Gasteiger charge is -2.28. The fourth-order valence-corrected chi connectivity index (χ4v) is 1.93. The van der Waals surface area contributed by atoms with E-state index in [4.69, 9.17) is 10.5 Å². The van der Waals surface area contributed by atoms with Gasteiger partial charge in [-0.05, 0) is 13.3 Å². The number of hydrogen-bond donors (Lipinski definition) is 1. The Morgan fingerprint density at radius 2 is 1.74 bits per heavy atom. The van der Waals surface area contributed by atoms with Crippen molar-refractivity contribution >= 4 is 17.6 Å². The minimum absolute atomic E-state index is 0.0379. The van der Waals surface area contributed by atoms with E-state index in [1.807, 2.05) is 0 Å². The number of primary amides is 1. The summed E-state index contributed by atoms with van der Waals surface area (Å²) in [6, 6.07) is -1.37. The number of esters is 1. The average molecular weight is 337 g/mol. The third kappa shape index (κ3) is 4.30. The predicted octanol–water partition coefficient (Wildman–Crippen LogP) is 1.27. The number of amides is 1. The first-order chi connectivity index (χ1) is 10.7. The zero-order valence-corrected chi connectivity index (χ0v) is 12.4. The van der Waals surface area contributed by atoms with Crippen LogP contribution in [0.1, 0.15) is 19.8 Å². The zero-order valence-electron chi connectivity index (χ0n) is 12.4. The van der Waals surface area contributed by atoms with E-state index in [-0.39, 0.29) is 19.4 Å². The van der Waals surface area contributed by atoms with Crippen molar-refractivity contribution in [1.82, 2.24) is 4.98 Å². The van der Waals surface area contributed by atoms with Crippen molar-refractivity contribution in [2.45, 2.75) is 25.8 Å². The number of rotatable bonds is 7. The maximum absolute atomic E-state index is 13.8. The van der Waals surface area contributed by atoms with Crippen LogP contribution in [0.25, 0.3) is 0 Å². The molecule has 0 saturated heterocycles. The first-order valence-electron chi connectivity index (χ1n) is 6.58. The first kappa shape index (κ1) is 18.7. The molecule has 1 unspecified atom stereocenters.